The fraction of sp³-hybridized carbons (Fsp3) is 0.462. The predicted molar refractivity (Wildman–Crippen MR) is 68.5 cm³/mol. The molecule has 0 atom stereocenters. The molecular weight excluding hydrogens is 232 g/mol. The third-order valence-electron chi connectivity index (χ3n) is 2.86. The molecule has 1 amide bonds. The minimum absolute atomic E-state index is 0.0951. The monoisotopic (exact) mass is 250 g/mol. The molecule has 1 saturated heterocycles. The number of carbonyl (C=O) groups is 1. The van der Waals surface area contributed by atoms with Gasteiger partial charge in [0.25, 0.3) is 5.91 Å². The van der Waals surface area contributed by atoms with Gasteiger partial charge in [-0.1, -0.05) is 6.92 Å². The average Bonchev–Trinajstić information content (AvgIpc) is 2.33. The van der Waals surface area contributed by atoms with Crippen LogP contribution in [0.5, 0.6) is 5.75 Å². The molecule has 1 aromatic carbocycles. The van der Waals surface area contributed by atoms with Crippen LogP contribution in [-0.2, 0) is 9.53 Å². The van der Waals surface area contributed by atoms with Crippen LogP contribution in [0, 0.1) is 5.41 Å². The molecule has 98 valence electrons. The fourth-order valence-electron chi connectivity index (χ4n) is 1.69. The summed E-state index contributed by atoms with van der Waals surface area (Å²) in [6.45, 7) is 4.59. The van der Waals surface area contributed by atoms with Crippen molar-refractivity contribution in [3.8, 4) is 5.75 Å². The summed E-state index contributed by atoms with van der Waals surface area (Å²) in [7, 11) is 0. The van der Waals surface area contributed by atoms with Gasteiger partial charge < -0.3 is 20.5 Å². The van der Waals surface area contributed by atoms with Crippen molar-refractivity contribution in [2.75, 3.05) is 31.7 Å². The highest BCUT2D eigenvalue weighted by Crippen LogP contribution is 2.27. The summed E-state index contributed by atoms with van der Waals surface area (Å²) >= 11 is 0. The number of primary amides is 1. The van der Waals surface area contributed by atoms with Crippen LogP contribution >= 0.6 is 0 Å². The average molecular weight is 250 g/mol. The third-order valence-corrected chi connectivity index (χ3v) is 2.86. The molecule has 1 aliphatic rings. The maximum absolute atomic E-state index is 10.6. The third kappa shape index (κ3) is 3.37. The number of rotatable bonds is 6. The van der Waals surface area contributed by atoms with Crippen molar-refractivity contribution in [3.05, 3.63) is 24.3 Å². The van der Waals surface area contributed by atoms with Crippen LogP contribution in [0.3, 0.4) is 0 Å². The lowest BCUT2D eigenvalue weighted by atomic mass is 9.89. The summed E-state index contributed by atoms with van der Waals surface area (Å²) in [5, 5.41) is 3.35. The number of benzene rings is 1. The van der Waals surface area contributed by atoms with Gasteiger partial charge in [-0.05, 0) is 24.3 Å². The molecule has 0 aliphatic carbocycles. The van der Waals surface area contributed by atoms with E-state index >= 15 is 0 Å². The molecule has 3 N–H and O–H groups in total. The van der Waals surface area contributed by atoms with Crippen LogP contribution in [0.2, 0.25) is 0 Å². The Labute approximate surface area is 106 Å². The largest absolute Gasteiger partial charge is 0.484 e. The smallest absolute Gasteiger partial charge is 0.255 e. The van der Waals surface area contributed by atoms with E-state index in [0.717, 1.165) is 25.4 Å². The molecule has 1 aromatic rings. The van der Waals surface area contributed by atoms with Gasteiger partial charge in [-0.3, -0.25) is 4.79 Å². The zero-order valence-corrected chi connectivity index (χ0v) is 10.4. The molecule has 1 aliphatic heterocycles. The Morgan fingerprint density at radius 3 is 2.61 bits per heavy atom. The van der Waals surface area contributed by atoms with Gasteiger partial charge in [-0.15, -0.1) is 0 Å². The van der Waals surface area contributed by atoms with Crippen LogP contribution in [0.15, 0.2) is 24.3 Å². The number of amides is 1. The lowest BCUT2D eigenvalue weighted by Crippen LogP contribution is -2.45. The maximum atomic E-state index is 10.6. The molecule has 1 fully saturated rings. The Morgan fingerprint density at radius 1 is 1.44 bits per heavy atom. The first-order chi connectivity index (χ1) is 8.57. The van der Waals surface area contributed by atoms with Gasteiger partial charge in [0, 0.05) is 17.6 Å². The molecule has 0 radical (unpaired) electrons. The van der Waals surface area contributed by atoms with E-state index in [4.69, 9.17) is 15.2 Å². The van der Waals surface area contributed by atoms with E-state index in [9.17, 15) is 4.79 Å². The van der Waals surface area contributed by atoms with Crippen LogP contribution in [0.4, 0.5) is 5.69 Å². The lowest BCUT2D eigenvalue weighted by Gasteiger charge is -2.38. The van der Waals surface area contributed by atoms with Crippen LogP contribution < -0.4 is 15.8 Å². The lowest BCUT2D eigenvalue weighted by molar-refractivity contribution is -0.119. The summed E-state index contributed by atoms with van der Waals surface area (Å²) < 4.78 is 10.4. The first-order valence-corrected chi connectivity index (χ1v) is 5.90. The van der Waals surface area contributed by atoms with Gasteiger partial charge >= 0.3 is 0 Å². The molecule has 5 heteroatoms. The molecule has 0 bridgehead atoms. The van der Waals surface area contributed by atoms with E-state index in [1.54, 1.807) is 0 Å². The van der Waals surface area contributed by atoms with Gasteiger partial charge in [0.15, 0.2) is 6.61 Å². The summed E-state index contributed by atoms with van der Waals surface area (Å²) in [5.41, 5.74) is 6.26. The normalized spacial score (nSPS) is 16.7. The molecule has 0 aromatic heterocycles. The number of anilines is 1. The zero-order valence-electron chi connectivity index (χ0n) is 10.4. The SMILES string of the molecule is CC1(CNc2ccc(OCC(N)=O)cc2)COC1. The number of hydrogen-bond donors (Lipinski definition) is 2. The molecule has 1 heterocycles. The number of carbonyl (C=O) groups excluding carboxylic acids is 1. The Kier molecular flexibility index (Phi) is 3.72. The van der Waals surface area contributed by atoms with Crippen LogP contribution in [0.1, 0.15) is 6.92 Å². The molecule has 0 spiro atoms. The van der Waals surface area contributed by atoms with Crippen LogP contribution in [0.25, 0.3) is 0 Å². The summed E-state index contributed by atoms with van der Waals surface area (Å²) in [4.78, 5) is 10.6. The number of hydrogen-bond acceptors (Lipinski definition) is 4. The van der Waals surface area contributed by atoms with E-state index in [2.05, 4.69) is 12.2 Å². The van der Waals surface area contributed by atoms with Crippen molar-refractivity contribution in [1.82, 2.24) is 0 Å². The first-order valence-electron chi connectivity index (χ1n) is 5.90. The van der Waals surface area contributed by atoms with E-state index in [0.29, 0.717) is 5.75 Å². The summed E-state index contributed by atoms with van der Waals surface area (Å²) in [6.07, 6.45) is 0. The summed E-state index contributed by atoms with van der Waals surface area (Å²) in [6, 6.07) is 7.45. The Balaban J connectivity index is 1.81. The van der Waals surface area contributed by atoms with Crippen molar-refractivity contribution in [3.63, 3.8) is 0 Å². The second kappa shape index (κ2) is 5.27. The minimum atomic E-state index is -0.477. The highest BCUT2D eigenvalue weighted by Gasteiger charge is 2.32. The fourth-order valence-corrected chi connectivity index (χ4v) is 1.69. The number of nitrogens with two attached hydrogens (primary N) is 1. The highest BCUT2D eigenvalue weighted by atomic mass is 16.5. The Morgan fingerprint density at radius 2 is 2.11 bits per heavy atom. The zero-order chi connectivity index (χ0) is 13.0. The Hall–Kier alpha value is -1.75. The van der Waals surface area contributed by atoms with E-state index in [-0.39, 0.29) is 12.0 Å². The molecule has 5 nitrogen and oxygen atoms in total. The second-order valence-corrected chi connectivity index (χ2v) is 4.94. The van der Waals surface area contributed by atoms with Gasteiger partial charge in [0.2, 0.25) is 0 Å². The highest BCUT2D eigenvalue weighted by molar-refractivity contribution is 5.75. The number of nitrogens with one attached hydrogen (secondary N) is 1. The molecule has 0 unspecified atom stereocenters. The maximum Gasteiger partial charge on any atom is 0.255 e. The van der Waals surface area contributed by atoms with Crippen molar-refractivity contribution < 1.29 is 14.3 Å². The quantitative estimate of drug-likeness (QED) is 0.790. The van der Waals surface area contributed by atoms with Gasteiger partial charge in [0.05, 0.1) is 13.2 Å². The summed E-state index contributed by atoms with van der Waals surface area (Å²) in [5.74, 6) is 0.160. The Bertz CT molecular complexity index is 413. The standard InChI is InChI=1S/C13H18N2O3/c1-13(8-17-9-13)7-15-10-2-4-11(5-3-10)18-6-12(14)16/h2-5,15H,6-9H2,1H3,(H2,14,16). The van der Waals surface area contributed by atoms with Gasteiger partial charge in [-0.25, -0.2) is 0 Å². The van der Waals surface area contributed by atoms with Gasteiger partial charge in [0.1, 0.15) is 5.75 Å². The van der Waals surface area contributed by atoms with Crippen molar-refractivity contribution in [2.24, 2.45) is 11.1 Å². The topological polar surface area (TPSA) is 73.6 Å². The van der Waals surface area contributed by atoms with Crippen LogP contribution in [-0.4, -0.2) is 32.3 Å². The second-order valence-electron chi connectivity index (χ2n) is 4.94. The predicted octanol–water partition coefficient (Wildman–Crippen LogP) is 0.999. The minimum Gasteiger partial charge on any atom is -0.484 e. The van der Waals surface area contributed by atoms with E-state index in [1.807, 2.05) is 24.3 Å². The van der Waals surface area contributed by atoms with Crippen molar-refractivity contribution >= 4 is 11.6 Å². The van der Waals surface area contributed by atoms with Crippen molar-refractivity contribution in [2.45, 2.75) is 6.92 Å². The molecule has 2 rings (SSSR count). The first kappa shape index (κ1) is 12.7. The van der Waals surface area contributed by atoms with E-state index in [1.165, 1.54) is 0 Å². The number of ether oxygens (including phenoxy) is 2. The van der Waals surface area contributed by atoms with Gasteiger partial charge in [-0.2, -0.15) is 0 Å². The molecule has 0 saturated carbocycles. The molecule has 18 heavy (non-hydrogen) atoms. The van der Waals surface area contributed by atoms with Crippen molar-refractivity contribution in [1.29, 1.82) is 0 Å². The molecular formula is C13H18N2O3. The van der Waals surface area contributed by atoms with E-state index < -0.39 is 5.91 Å².